The Kier molecular flexibility index (Phi) is 10.9. The highest BCUT2D eigenvalue weighted by molar-refractivity contribution is 6.66. The molecular formula is C24H29Cl7O12. The molecule has 12 nitrogen and oxygen atoms in total. The predicted molar refractivity (Wildman–Crippen MR) is 154 cm³/mol. The van der Waals surface area contributed by atoms with Gasteiger partial charge in [-0.1, -0.05) is 58.6 Å². The molecule has 0 amide bonds. The first-order valence-electron chi connectivity index (χ1n) is 12.8. The summed E-state index contributed by atoms with van der Waals surface area (Å²) in [6.07, 6.45) is -8.96. The van der Waals surface area contributed by atoms with Crippen molar-refractivity contribution in [3.05, 3.63) is 22.2 Å². The van der Waals surface area contributed by atoms with Crippen molar-refractivity contribution < 1.29 is 59.5 Å². The molecule has 3 fully saturated rings. The second-order valence-electron chi connectivity index (χ2n) is 10.7. The summed E-state index contributed by atoms with van der Waals surface area (Å²) < 4.78 is 19.3. The summed E-state index contributed by atoms with van der Waals surface area (Å²) in [6.45, 7) is -1.35. The fourth-order valence-corrected chi connectivity index (χ4v) is 9.55. The van der Waals surface area contributed by atoms with Crippen LogP contribution < -0.4 is 0 Å². The topological polar surface area (TPSA) is 196 Å². The average molecular weight is 758 g/mol. The molecule has 2 aliphatic heterocycles. The molecular weight excluding hydrogens is 728 g/mol. The molecule has 5 unspecified atom stereocenters. The highest BCUT2D eigenvalue weighted by atomic mass is 35.5. The van der Waals surface area contributed by atoms with Crippen molar-refractivity contribution in [2.24, 2.45) is 11.8 Å². The number of allylic oxidation sites excluding steroid dienone is 4. The van der Waals surface area contributed by atoms with Gasteiger partial charge in [-0.3, -0.25) is 4.79 Å². The van der Waals surface area contributed by atoms with Crippen LogP contribution in [0, 0.1) is 11.8 Å². The van der Waals surface area contributed by atoms with Crippen LogP contribution in [0.2, 0.25) is 0 Å². The van der Waals surface area contributed by atoms with Gasteiger partial charge in [0.2, 0.25) is 5.79 Å². The van der Waals surface area contributed by atoms with E-state index >= 15 is 0 Å². The minimum absolute atomic E-state index is 0.205. The summed E-state index contributed by atoms with van der Waals surface area (Å²) in [4.78, 5) is 8.87. The second-order valence-corrected chi connectivity index (χ2v) is 14.4. The summed E-state index contributed by atoms with van der Waals surface area (Å²) >= 11 is 44.5. The molecule has 5 aliphatic rings. The zero-order valence-electron chi connectivity index (χ0n) is 21.9. The van der Waals surface area contributed by atoms with Crippen LogP contribution in [-0.2, 0) is 23.7 Å². The summed E-state index contributed by atoms with van der Waals surface area (Å²) in [6, 6.07) is 0. The van der Waals surface area contributed by atoms with E-state index in [4.69, 9.17) is 100 Å². The number of rotatable bonds is 6. The molecule has 0 spiro atoms. The lowest BCUT2D eigenvalue weighted by Gasteiger charge is -2.43. The van der Waals surface area contributed by atoms with E-state index in [0.29, 0.717) is 0 Å². The van der Waals surface area contributed by atoms with Crippen LogP contribution >= 0.6 is 81.2 Å². The molecule has 246 valence electrons. The monoisotopic (exact) mass is 754 g/mol. The van der Waals surface area contributed by atoms with Crippen molar-refractivity contribution in [3.8, 4) is 0 Å². The third kappa shape index (κ3) is 5.34. The molecule has 19 heteroatoms. The zero-order valence-corrected chi connectivity index (χ0v) is 27.2. The molecule has 0 aromatic carbocycles. The van der Waals surface area contributed by atoms with Crippen molar-refractivity contribution in [2.75, 3.05) is 19.8 Å². The summed E-state index contributed by atoms with van der Waals surface area (Å²) in [7, 11) is 0. The molecule has 0 aromatic rings. The molecule has 7 N–H and O–H groups in total. The summed E-state index contributed by atoms with van der Waals surface area (Å²) in [5.41, 5.74) is 0. The maximum absolute atomic E-state index is 11.3. The fraction of sp³-hybridized carbons (Fsp3) is 0.792. The first-order chi connectivity index (χ1) is 19.9. The second kappa shape index (κ2) is 12.9. The quantitative estimate of drug-likeness (QED) is 0.112. The number of fused-ring (bicyclic) bond motifs is 5. The number of esters is 1. The van der Waals surface area contributed by atoms with E-state index in [9.17, 15) is 40.5 Å². The van der Waals surface area contributed by atoms with Crippen LogP contribution in [0.4, 0.5) is 0 Å². The standard InChI is InChI=1S/C14H24O12.C10H5Cl7/c1-5(18)23-12-9(20)7(3-16)25-14(12,4-17)26-13-11(22)10(21)8(19)6(2-15)24-13;11-4-2-1-3-5(4)9(15)7(13)6(12)8(3,14)10(9,16)17/h6-13,15-17,19-22H,2-4H2,1H3;1-5H/t6-,7-,8-,9-,10+,11-,12+,13-,14+;/m1./s1. The summed E-state index contributed by atoms with van der Waals surface area (Å²) in [5.74, 6) is -3.54. The fourth-order valence-electron chi connectivity index (χ4n) is 6.03. The van der Waals surface area contributed by atoms with Gasteiger partial charge in [-0.25, -0.2) is 0 Å². The molecule has 2 heterocycles. The molecule has 3 aliphatic carbocycles. The van der Waals surface area contributed by atoms with E-state index in [2.05, 4.69) is 0 Å². The van der Waals surface area contributed by atoms with Gasteiger partial charge in [-0.2, -0.15) is 0 Å². The van der Waals surface area contributed by atoms with Gasteiger partial charge < -0.3 is 54.7 Å². The Bertz CT molecular complexity index is 1140. The number of carbonyl (C=O) groups is 1. The van der Waals surface area contributed by atoms with Gasteiger partial charge >= 0.3 is 5.97 Å². The Labute approximate surface area is 280 Å². The van der Waals surface area contributed by atoms with Crippen molar-refractivity contribution in [2.45, 2.75) is 81.2 Å². The number of halogens is 7. The van der Waals surface area contributed by atoms with Crippen molar-refractivity contribution in [3.63, 3.8) is 0 Å². The Morgan fingerprint density at radius 2 is 1.47 bits per heavy atom. The molecule has 2 saturated heterocycles. The van der Waals surface area contributed by atoms with Gasteiger partial charge in [0, 0.05) is 18.8 Å². The minimum Gasteiger partial charge on any atom is -0.454 e. The van der Waals surface area contributed by atoms with E-state index in [1.807, 2.05) is 12.2 Å². The van der Waals surface area contributed by atoms with E-state index in [1.54, 1.807) is 0 Å². The van der Waals surface area contributed by atoms with Gasteiger partial charge in [0.15, 0.2) is 16.7 Å². The minimum atomic E-state index is -2.23. The third-order valence-electron chi connectivity index (χ3n) is 8.23. The average Bonchev–Trinajstić information content (AvgIpc) is 3.55. The third-order valence-corrected chi connectivity index (χ3v) is 12.9. The maximum Gasteiger partial charge on any atom is 0.303 e. The number of alkyl halides is 5. The first kappa shape index (κ1) is 36.4. The number of aliphatic hydroxyl groups is 7. The van der Waals surface area contributed by atoms with Gasteiger partial charge in [0.25, 0.3) is 0 Å². The van der Waals surface area contributed by atoms with Gasteiger partial charge in [-0.15, -0.1) is 34.8 Å². The predicted octanol–water partition coefficient (Wildman–Crippen LogP) is 0.417. The van der Waals surface area contributed by atoms with Crippen LogP contribution in [0.1, 0.15) is 6.92 Å². The van der Waals surface area contributed by atoms with E-state index < -0.39 is 94.7 Å². The molecule has 0 radical (unpaired) electrons. The molecule has 0 aromatic heterocycles. The molecule has 5 rings (SSSR count). The van der Waals surface area contributed by atoms with Gasteiger partial charge in [-0.05, 0) is 0 Å². The van der Waals surface area contributed by atoms with Crippen LogP contribution in [0.5, 0.6) is 0 Å². The van der Waals surface area contributed by atoms with E-state index in [1.165, 1.54) is 0 Å². The normalized spacial score (nSPS) is 49.6. The number of carbonyl (C=O) groups excluding carboxylic acids is 1. The zero-order chi connectivity index (χ0) is 32.4. The number of hydrogen-bond donors (Lipinski definition) is 7. The lowest BCUT2D eigenvalue weighted by Crippen LogP contribution is -2.63. The van der Waals surface area contributed by atoms with Crippen molar-refractivity contribution in [1.82, 2.24) is 0 Å². The van der Waals surface area contributed by atoms with Crippen molar-refractivity contribution in [1.29, 1.82) is 0 Å². The molecule has 14 atom stereocenters. The first-order valence-corrected chi connectivity index (χ1v) is 15.5. The van der Waals surface area contributed by atoms with E-state index in [0.717, 1.165) is 6.92 Å². The lowest BCUT2D eigenvalue weighted by molar-refractivity contribution is -0.383. The van der Waals surface area contributed by atoms with Crippen molar-refractivity contribution >= 4 is 87.2 Å². The lowest BCUT2D eigenvalue weighted by atomic mass is 9.84. The molecule has 2 bridgehead atoms. The smallest absolute Gasteiger partial charge is 0.303 e. The van der Waals surface area contributed by atoms with Crippen LogP contribution in [0.25, 0.3) is 0 Å². The molecule has 1 saturated carbocycles. The number of hydrogen-bond acceptors (Lipinski definition) is 12. The van der Waals surface area contributed by atoms with Gasteiger partial charge in [0.1, 0.15) is 53.0 Å². The van der Waals surface area contributed by atoms with Crippen LogP contribution in [-0.4, -0.2) is 136 Å². The maximum atomic E-state index is 11.3. The van der Waals surface area contributed by atoms with Gasteiger partial charge in [0.05, 0.1) is 28.7 Å². The molecule has 43 heavy (non-hydrogen) atoms. The Hall–Kier alpha value is 0.580. The van der Waals surface area contributed by atoms with E-state index in [-0.39, 0.29) is 27.3 Å². The Morgan fingerprint density at radius 1 is 0.884 bits per heavy atom. The largest absolute Gasteiger partial charge is 0.454 e. The highest BCUT2D eigenvalue weighted by Gasteiger charge is 2.83. The SMILES string of the molecule is CC(=O)O[C@H]1[C@H](O)[C@@H](CO)O[C@@]1(CO)O[C@H]1O[C@H](CO)[C@@H](O)[C@H](O)[C@H]1O.ClC1=C(Cl)C2(Cl)C3C(Cl)C=CC3C1(Cl)C2(Cl)Cl. The Morgan fingerprint density at radius 3 is 2.00 bits per heavy atom. The van der Waals surface area contributed by atoms with Crippen LogP contribution in [0.3, 0.4) is 0 Å². The summed E-state index contributed by atoms with van der Waals surface area (Å²) in [5, 5.41) is 68.2. The number of aliphatic hydroxyl groups excluding tert-OH is 7. The Balaban J connectivity index is 0.000000213. The number of ether oxygens (including phenoxy) is 4. The highest BCUT2D eigenvalue weighted by Crippen LogP contribution is 2.78. The van der Waals surface area contributed by atoms with Crippen LogP contribution in [0.15, 0.2) is 22.2 Å².